The summed E-state index contributed by atoms with van der Waals surface area (Å²) in [4.78, 5) is 14.6. The summed E-state index contributed by atoms with van der Waals surface area (Å²) >= 11 is 1.97. The van der Waals surface area contributed by atoms with Crippen LogP contribution in [0.2, 0.25) is 0 Å². The number of hydrogen-bond donors (Lipinski definition) is 1. The molecule has 0 spiro atoms. The summed E-state index contributed by atoms with van der Waals surface area (Å²) in [5, 5.41) is 12.9. The Morgan fingerprint density at radius 2 is 2.10 bits per heavy atom. The van der Waals surface area contributed by atoms with Crippen LogP contribution in [-0.4, -0.2) is 40.4 Å². The number of amides is 1. The zero-order valence-electron chi connectivity index (χ0n) is 12.7. The molecule has 0 radical (unpaired) electrons. The summed E-state index contributed by atoms with van der Waals surface area (Å²) in [5.74, 6) is -0.0172. The van der Waals surface area contributed by atoms with Gasteiger partial charge in [-0.05, 0) is 25.1 Å². The van der Waals surface area contributed by atoms with Crippen molar-refractivity contribution in [3.05, 3.63) is 29.8 Å². The molecule has 112 valence electrons. The Morgan fingerprint density at radius 3 is 2.71 bits per heavy atom. The highest BCUT2D eigenvalue weighted by atomic mass is 32.2. The fourth-order valence-corrected chi connectivity index (χ4v) is 3.96. The molecule has 1 amide bonds. The van der Waals surface area contributed by atoms with Crippen molar-refractivity contribution < 1.29 is 4.79 Å². The number of nitriles is 1. The highest BCUT2D eigenvalue weighted by Gasteiger charge is 2.29. The first-order valence-corrected chi connectivity index (χ1v) is 8.14. The maximum atomic E-state index is 12.4. The smallest absolute Gasteiger partial charge is 0.241 e. The van der Waals surface area contributed by atoms with Gasteiger partial charge in [0.2, 0.25) is 5.91 Å². The van der Waals surface area contributed by atoms with Crippen LogP contribution in [-0.2, 0) is 4.79 Å². The minimum Gasteiger partial charge on any atom is -0.325 e. The summed E-state index contributed by atoms with van der Waals surface area (Å²) in [6.45, 7) is 8.21. The zero-order chi connectivity index (χ0) is 15.4. The third kappa shape index (κ3) is 4.23. The van der Waals surface area contributed by atoms with Crippen LogP contribution in [0.25, 0.3) is 0 Å². The molecule has 1 aromatic rings. The first-order valence-electron chi connectivity index (χ1n) is 7.20. The lowest BCUT2D eigenvalue weighted by molar-refractivity contribution is -0.120. The molecule has 1 aromatic carbocycles. The Kier molecular flexibility index (Phi) is 5.27. The summed E-state index contributed by atoms with van der Waals surface area (Å²) in [7, 11) is 0. The molecule has 2 rings (SSSR count). The van der Waals surface area contributed by atoms with E-state index >= 15 is 0 Å². The molecular formula is C16H21N3OS. The Bertz CT molecular complexity index is 545. The van der Waals surface area contributed by atoms with Crippen LogP contribution in [0.5, 0.6) is 0 Å². The van der Waals surface area contributed by atoms with E-state index in [-0.39, 0.29) is 11.9 Å². The third-order valence-electron chi connectivity index (χ3n) is 3.63. The zero-order valence-corrected chi connectivity index (χ0v) is 13.5. The van der Waals surface area contributed by atoms with E-state index in [9.17, 15) is 4.79 Å². The Morgan fingerprint density at radius 1 is 1.43 bits per heavy atom. The van der Waals surface area contributed by atoms with Gasteiger partial charge in [-0.15, -0.1) is 0 Å². The van der Waals surface area contributed by atoms with Gasteiger partial charge in [-0.3, -0.25) is 9.69 Å². The highest BCUT2D eigenvalue weighted by molar-refractivity contribution is 8.00. The second-order valence-electron chi connectivity index (χ2n) is 5.57. The van der Waals surface area contributed by atoms with Crippen molar-refractivity contribution in [1.29, 1.82) is 5.26 Å². The number of thioether (sulfide) groups is 1. The van der Waals surface area contributed by atoms with Gasteiger partial charge < -0.3 is 5.32 Å². The molecule has 21 heavy (non-hydrogen) atoms. The minimum atomic E-state index is -0.165. The van der Waals surface area contributed by atoms with Crippen LogP contribution in [0.3, 0.4) is 0 Å². The van der Waals surface area contributed by atoms with Gasteiger partial charge in [-0.2, -0.15) is 17.0 Å². The van der Waals surface area contributed by atoms with Crippen LogP contribution in [0.1, 0.15) is 26.3 Å². The average molecular weight is 303 g/mol. The SMILES string of the molecule is CC1CN(C(C)C(=O)Nc2cccc(C#N)c2)CC(C)S1. The molecule has 0 aromatic heterocycles. The van der Waals surface area contributed by atoms with Crippen LogP contribution >= 0.6 is 11.8 Å². The molecule has 1 saturated heterocycles. The fraction of sp³-hybridized carbons (Fsp3) is 0.500. The molecule has 0 aliphatic carbocycles. The number of nitrogens with zero attached hydrogens (tertiary/aromatic N) is 2. The van der Waals surface area contributed by atoms with E-state index in [2.05, 4.69) is 30.1 Å². The predicted molar refractivity (Wildman–Crippen MR) is 87.3 cm³/mol. The number of carbonyl (C=O) groups excluding carboxylic acids is 1. The van der Waals surface area contributed by atoms with Gasteiger partial charge in [0.15, 0.2) is 0 Å². The maximum Gasteiger partial charge on any atom is 0.241 e. The number of hydrogen-bond acceptors (Lipinski definition) is 4. The van der Waals surface area contributed by atoms with Gasteiger partial charge in [0.25, 0.3) is 0 Å². The van der Waals surface area contributed by atoms with Crippen molar-refractivity contribution >= 4 is 23.4 Å². The van der Waals surface area contributed by atoms with Gasteiger partial charge in [0.05, 0.1) is 17.7 Å². The first kappa shape index (κ1) is 15.9. The van der Waals surface area contributed by atoms with Crippen molar-refractivity contribution in [2.75, 3.05) is 18.4 Å². The predicted octanol–water partition coefficient (Wildman–Crippen LogP) is 2.71. The van der Waals surface area contributed by atoms with Gasteiger partial charge in [-0.1, -0.05) is 19.9 Å². The lowest BCUT2D eigenvalue weighted by atomic mass is 10.2. The maximum absolute atomic E-state index is 12.4. The third-order valence-corrected chi connectivity index (χ3v) is 4.86. The second kappa shape index (κ2) is 6.97. The van der Waals surface area contributed by atoms with E-state index in [0.717, 1.165) is 13.1 Å². The molecule has 1 aliphatic rings. The number of carbonyl (C=O) groups is 1. The molecule has 1 N–H and O–H groups in total. The van der Waals surface area contributed by atoms with Crippen LogP contribution in [0.4, 0.5) is 5.69 Å². The average Bonchev–Trinajstić information content (AvgIpc) is 2.45. The second-order valence-corrected chi connectivity index (χ2v) is 7.45. The van der Waals surface area contributed by atoms with Gasteiger partial charge in [0.1, 0.15) is 0 Å². The largest absolute Gasteiger partial charge is 0.325 e. The normalized spacial score (nSPS) is 24.1. The Hall–Kier alpha value is -1.51. The molecular weight excluding hydrogens is 282 g/mol. The molecule has 0 saturated carbocycles. The van der Waals surface area contributed by atoms with Crippen molar-refractivity contribution in [2.45, 2.75) is 37.3 Å². The molecule has 1 fully saturated rings. The number of anilines is 1. The number of nitrogens with one attached hydrogen (secondary N) is 1. The lowest BCUT2D eigenvalue weighted by Crippen LogP contribution is -2.49. The van der Waals surface area contributed by atoms with Crippen LogP contribution in [0, 0.1) is 11.3 Å². The molecule has 0 bridgehead atoms. The van der Waals surface area contributed by atoms with E-state index in [1.807, 2.05) is 24.8 Å². The lowest BCUT2D eigenvalue weighted by Gasteiger charge is -2.37. The van der Waals surface area contributed by atoms with Crippen molar-refractivity contribution in [2.24, 2.45) is 0 Å². The van der Waals surface area contributed by atoms with Crippen LogP contribution in [0.15, 0.2) is 24.3 Å². The molecule has 4 nitrogen and oxygen atoms in total. The number of rotatable bonds is 3. The van der Waals surface area contributed by atoms with Gasteiger partial charge >= 0.3 is 0 Å². The molecule has 1 heterocycles. The molecule has 3 unspecified atom stereocenters. The summed E-state index contributed by atoms with van der Waals surface area (Å²) < 4.78 is 0. The minimum absolute atomic E-state index is 0.0172. The quantitative estimate of drug-likeness (QED) is 0.933. The van der Waals surface area contributed by atoms with Gasteiger partial charge in [-0.25, -0.2) is 0 Å². The van der Waals surface area contributed by atoms with E-state index in [0.29, 0.717) is 21.8 Å². The molecule has 5 heteroatoms. The Balaban J connectivity index is 2.00. The van der Waals surface area contributed by atoms with Gasteiger partial charge in [0, 0.05) is 29.3 Å². The van der Waals surface area contributed by atoms with Crippen molar-refractivity contribution in [3.8, 4) is 6.07 Å². The van der Waals surface area contributed by atoms with E-state index in [1.54, 1.807) is 18.2 Å². The molecule has 1 aliphatic heterocycles. The van der Waals surface area contributed by atoms with E-state index < -0.39 is 0 Å². The van der Waals surface area contributed by atoms with E-state index in [1.165, 1.54) is 0 Å². The Labute approximate surface area is 130 Å². The standard InChI is InChI=1S/C16H21N3OS/c1-11-9-19(10-12(2)21-11)13(3)16(20)18-15-6-4-5-14(7-15)8-17/h4-7,11-13H,9-10H2,1-3H3,(H,18,20). The highest BCUT2D eigenvalue weighted by Crippen LogP contribution is 2.26. The summed E-state index contributed by atoms with van der Waals surface area (Å²) in [6.07, 6.45) is 0. The van der Waals surface area contributed by atoms with Crippen molar-refractivity contribution in [3.63, 3.8) is 0 Å². The summed E-state index contributed by atoms with van der Waals surface area (Å²) in [5.41, 5.74) is 1.23. The molecule has 3 atom stereocenters. The first-order chi connectivity index (χ1) is 9.99. The van der Waals surface area contributed by atoms with Crippen LogP contribution < -0.4 is 5.32 Å². The monoisotopic (exact) mass is 303 g/mol. The fourth-order valence-electron chi connectivity index (χ4n) is 2.61. The topological polar surface area (TPSA) is 56.1 Å². The van der Waals surface area contributed by atoms with Crippen molar-refractivity contribution in [1.82, 2.24) is 4.90 Å². The summed E-state index contributed by atoms with van der Waals surface area (Å²) in [6, 6.07) is 8.92. The van der Waals surface area contributed by atoms with E-state index in [4.69, 9.17) is 5.26 Å². The number of benzene rings is 1.